The van der Waals surface area contributed by atoms with Gasteiger partial charge in [-0.15, -0.1) is 0 Å². The maximum absolute atomic E-state index is 11.8. The monoisotopic (exact) mass is 247 g/mol. The molecule has 96 valence electrons. The highest BCUT2D eigenvalue weighted by Gasteiger charge is 2.21. The number of rotatable bonds is 5. The van der Waals surface area contributed by atoms with Crippen LogP contribution in [0.3, 0.4) is 0 Å². The number of aromatic nitrogens is 2. The minimum atomic E-state index is -0.318. The summed E-state index contributed by atoms with van der Waals surface area (Å²) in [6.07, 6.45) is 4.24. The van der Waals surface area contributed by atoms with Gasteiger partial charge in [-0.1, -0.05) is 6.92 Å². The lowest BCUT2D eigenvalue weighted by molar-refractivity contribution is 0.416. The Morgan fingerprint density at radius 1 is 1.61 bits per heavy atom. The maximum atomic E-state index is 11.8. The zero-order chi connectivity index (χ0) is 12.5. The van der Waals surface area contributed by atoms with Crippen LogP contribution in [-0.4, -0.2) is 22.1 Å². The van der Waals surface area contributed by atoms with Gasteiger partial charge in [-0.05, 0) is 37.4 Å². The molecular weight excluding hydrogens is 230 g/mol. The lowest BCUT2D eigenvalue weighted by Gasteiger charge is -2.12. The number of hydrogen-bond donors (Lipinski definition) is 1. The summed E-state index contributed by atoms with van der Waals surface area (Å²) < 4.78 is 6.78. The molecule has 2 aromatic rings. The highest BCUT2D eigenvalue weighted by molar-refractivity contribution is 5.67. The quantitative estimate of drug-likeness (QED) is 0.867. The fraction of sp³-hybridized carbons (Fsp3) is 0.538. The molecule has 0 saturated heterocycles. The third-order valence-electron chi connectivity index (χ3n) is 3.25. The fourth-order valence-electron chi connectivity index (χ4n) is 2.09. The molecule has 2 heterocycles. The van der Waals surface area contributed by atoms with Crippen LogP contribution in [0.15, 0.2) is 27.5 Å². The van der Waals surface area contributed by atoms with E-state index in [-0.39, 0.29) is 5.76 Å². The van der Waals surface area contributed by atoms with Crippen LogP contribution in [0.4, 0.5) is 0 Å². The zero-order valence-corrected chi connectivity index (χ0v) is 10.4. The summed E-state index contributed by atoms with van der Waals surface area (Å²) in [4.78, 5) is 16.0. The van der Waals surface area contributed by atoms with Gasteiger partial charge in [-0.2, -0.15) is 0 Å². The first-order valence-corrected chi connectivity index (χ1v) is 6.42. The number of hydrogen-bond acceptors (Lipinski definition) is 4. The highest BCUT2D eigenvalue weighted by atomic mass is 16.4. The third kappa shape index (κ3) is 2.31. The molecule has 1 atom stereocenters. The molecule has 1 N–H and O–H groups in total. The number of pyridine rings is 1. The SMILES string of the molecule is CC(CNC1CC1)Cn1c(=O)oc2cccnc21. The molecule has 0 bridgehead atoms. The van der Waals surface area contributed by atoms with Gasteiger partial charge >= 0.3 is 5.76 Å². The van der Waals surface area contributed by atoms with E-state index >= 15 is 0 Å². The Morgan fingerprint density at radius 2 is 2.44 bits per heavy atom. The lowest BCUT2D eigenvalue weighted by atomic mass is 10.2. The molecule has 1 aliphatic carbocycles. The minimum Gasteiger partial charge on any atom is -0.406 e. The van der Waals surface area contributed by atoms with E-state index in [4.69, 9.17) is 4.42 Å². The normalized spacial score (nSPS) is 17.2. The van der Waals surface area contributed by atoms with Crippen LogP contribution in [0.2, 0.25) is 0 Å². The predicted octanol–water partition coefficient (Wildman–Crippen LogP) is 1.38. The van der Waals surface area contributed by atoms with Crippen molar-refractivity contribution in [1.82, 2.24) is 14.9 Å². The van der Waals surface area contributed by atoms with Gasteiger partial charge in [0.25, 0.3) is 0 Å². The van der Waals surface area contributed by atoms with Crippen LogP contribution in [0.5, 0.6) is 0 Å². The molecule has 1 aliphatic rings. The Balaban J connectivity index is 1.76. The van der Waals surface area contributed by atoms with Crippen molar-refractivity contribution in [2.75, 3.05) is 6.54 Å². The molecule has 5 nitrogen and oxygen atoms in total. The van der Waals surface area contributed by atoms with E-state index in [2.05, 4.69) is 17.2 Å². The molecule has 0 aromatic carbocycles. The first kappa shape index (κ1) is 11.5. The molecule has 0 spiro atoms. The molecule has 0 radical (unpaired) electrons. The Hall–Kier alpha value is -1.62. The number of oxazole rings is 1. The molecule has 5 heteroatoms. The highest BCUT2D eigenvalue weighted by Crippen LogP contribution is 2.19. The third-order valence-corrected chi connectivity index (χ3v) is 3.25. The van der Waals surface area contributed by atoms with Crippen molar-refractivity contribution in [2.24, 2.45) is 5.92 Å². The Morgan fingerprint density at radius 3 is 3.22 bits per heavy atom. The van der Waals surface area contributed by atoms with E-state index in [0.717, 1.165) is 6.54 Å². The van der Waals surface area contributed by atoms with Crippen molar-refractivity contribution in [3.05, 3.63) is 28.9 Å². The summed E-state index contributed by atoms with van der Waals surface area (Å²) in [6, 6.07) is 4.24. The number of nitrogens with one attached hydrogen (secondary N) is 1. The van der Waals surface area contributed by atoms with Crippen LogP contribution >= 0.6 is 0 Å². The molecular formula is C13H17N3O2. The van der Waals surface area contributed by atoms with Crippen LogP contribution < -0.4 is 11.1 Å². The van der Waals surface area contributed by atoms with Crippen LogP contribution in [0.25, 0.3) is 11.2 Å². The smallest absolute Gasteiger partial charge is 0.406 e. The van der Waals surface area contributed by atoms with Gasteiger partial charge in [0.15, 0.2) is 11.2 Å². The van der Waals surface area contributed by atoms with Gasteiger partial charge in [0.05, 0.1) is 0 Å². The van der Waals surface area contributed by atoms with Crippen molar-refractivity contribution < 1.29 is 4.42 Å². The van der Waals surface area contributed by atoms with Gasteiger partial charge in [0.1, 0.15) is 0 Å². The van der Waals surface area contributed by atoms with E-state index < -0.39 is 0 Å². The van der Waals surface area contributed by atoms with Gasteiger partial charge in [0.2, 0.25) is 0 Å². The van der Waals surface area contributed by atoms with Gasteiger partial charge < -0.3 is 9.73 Å². The summed E-state index contributed by atoms with van der Waals surface area (Å²) in [5.74, 6) is 0.0630. The Bertz CT molecular complexity index is 598. The second-order valence-electron chi connectivity index (χ2n) is 5.09. The largest absolute Gasteiger partial charge is 0.421 e. The van der Waals surface area contributed by atoms with E-state index in [1.165, 1.54) is 12.8 Å². The van der Waals surface area contributed by atoms with E-state index in [9.17, 15) is 4.79 Å². The Kier molecular flexibility index (Phi) is 2.91. The van der Waals surface area contributed by atoms with Gasteiger partial charge in [-0.25, -0.2) is 9.78 Å². The molecule has 1 saturated carbocycles. The molecule has 0 amide bonds. The maximum Gasteiger partial charge on any atom is 0.421 e. The second kappa shape index (κ2) is 4.57. The topological polar surface area (TPSA) is 60.1 Å². The van der Waals surface area contributed by atoms with Crippen molar-refractivity contribution in [3.8, 4) is 0 Å². The lowest BCUT2D eigenvalue weighted by Crippen LogP contribution is -2.28. The second-order valence-corrected chi connectivity index (χ2v) is 5.09. The predicted molar refractivity (Wildman–Crippen MR) is 68.5 cm³/mol. The van der Waals surface area contributed by atoms with Crippen LogP contribution in [0.1, 0.15) is 19.8 Å². The average molecular weight is 247 g/mol. The van der Waals surface area contributed by atoms with Crippen molar-refractivity contribution in [2.45, 2.75) is 32.4 Å². The summed E-state index contributed by atoms with van der Waals surface area (Å²) in [6.45, 7) is 3.70. The standard InChI is InChI=1S/C13H17N3O2/c1-9(7-15-10-4-5-10)8-16-12-11(18-13(16)17)3-2-6-14-12/h2-3,6,9-10,15H,4-5,7-8H2,1H3. The first-order valence-electron chi connectivity index (χ1n) is 6.42. The Labute approximate surface area is 105 Å². The molecule has 1 fully saturated rings. The summed E-state index contributed by atoms with van der Waals surface area (Å²) in [5, 5.41) is 3.47. The fourth-order valence-corrected chi connectivity index (χ4v) is 2.09. The summed E-state index contributed by atoms with van der Waals surface area (Å²) in [5.41, 5.74) is 1.20. The van der Waals surface area contributed by atoms with Crippen molar-refractivity contribution in [3.63, 3.8) is 0 Å². The van der Waals surface area contributed by atoms with E-state index in [1.807, 2.05) is 0 Å². The molecule has 18 heavy (non-hydrogen) atoms. The molecule has 1 unspecified atom stereocenters. The van der Waals surface area contributed by atoms with Crippen LogP contribution in [-0.2, 0) is 6.54 Å². The molecule has 3 rings (SSSR count). The minimum absolute atomic E-state index is 0.318. The average Bonchev–Trinajstić information content (AvgIpc) is 3.14. The van der Waals surface area contributed by atoms with E-state index in [1.54, 1.807) is 22.9 Å². The van der Waals surface area contributed by atoms with Gasteiger partial charge in [0, 0.05) is 18.8 Å². The van der Waals surface area contributed by atoms with Crippen LogP contribution in [0, 0.1) is 5.92 Å². The molecule has 0 aliphatic heterocycles. The van der Waals surface area contributed by atoms with Gasteiger partial charge in [-0.3, -0.25) is 4.57 Å². The zero-order valence-electron chi connectivity index (χ0n) is 10.4. The first-order chi connectivity index (χ1) is 8.74. The van der Waals surface area contributed by atoms with Crippen molar-refractivity contribution >= 4 is 11.2 Å². The number of nitrogens with zero attached hydrogens (tertiary/aromatic N) is 2. The number of fused-ring (bicyclic) bond motifs is 1. The van der Waals surface area contributed by atoms with E-state index in [0.29, 0.717) is 29.7 Å². The molecule has 2 aromatic heterocycles. The summed E-state index contributed by atoms with van der Waals surface area (Å²) >= 11 is 0. The summed E-state index contributed by atoms with van der Waals surface area (Å²) in [7, 11) is 0. The van der Waals surface area contributed by atoms with Crippen molar-refractivity contribution in [1.29, 1.82) is 0 Å².